The Morgan fingerprint density at radius 3 is 0.759 bits per heavy atom. The third-order valence-corrected chi connectivity index (χ3v) is 11.6. The van der Waals surface area contributed by atoms with Crippen molar-refractivity contribution in [1.82, 2.24) is 0 Å². The molecule has 2 atom stereocenters. The minimum absolute atomic E-state index is 0. The number of rotatable bonds is 4. The van der Waals surface area contributed by atoms with E-state index in [4.69, 9.17) is 0 Å². The standard InChI is InChI=1S/C16H32.C12H26.CH4/c1-11(2)15(9)13(5,6)14(7,8)16(15,10)12(3)4;1-9(2)12(8,10(3)4)11(5,6)7;/h11-12H,1-10H3;9-10H,1-8H3;1H4. The normalized spacial score (nSPS) is 28.8. The Kier molecular flexibility index (Phi) is 9.53. The van der Waals surface area contributed by atoms with Gasteiger partial charge >= 0.3 is 0 Å². The van der Waals surface area contributed by atoms with Gasteiger partial charge in [0.25, 0.3) is 0 Å². The summed E-state index contributed by atoms with van der Waals surface area (Å²) >= 11 is 0. The Bertz CT molecular complexity index is 471. The lowest BCUT2D eigenvalue weighted by Gasteiger charge is -2.81. The van der Waals surface area contributed by atoms with Crippen LogP contribution in [0.2, 0.25) is 0 Å². The summed E-state index contributed by atoms with van der Waals surface area (Å²) in [6.45, 7) is 43.3. The zero-order valence-electron chi connectivity index (χ0n) is 23.3. The molecule has 0 nitrogen and oxygen atoms in total. The first kappa shape index (κ1) is 31.2. The topological polar surface area (TPSA) is 0 Å². The fraction of sp³-hybridized carbons (Fsp3) is 1.00. The van der Waals surface area contributed by atoms with Crippen molar-refractivity contribution >= 4 is 0 Å². The van der Waals surface area contributed by atoms with E-state index in [1.54, 1.807) is 0 Å². The van der Waals surface area contributed by atoms with E-state index in [0.29, 0.717) is 32.5 Å². The molecule has 0 heteroatoms. The predicted molar refractivity (Wildman–Crippen MR) is 137 cm³/mol. The van der Waals surface area contributed by atoms with Gasteiger partial charge in [0.05, 0.1) is 0 Å². The van der Waals surface area contributed by atoms with Crippen molar-refractivity contribution < 1.29 is 0 Å². The Morgan fingerprint density at radius 2 is 0.690 bits per heavy atom. The van der Waals surface area contributed by atoms with Gasteiger partial charge in [0, 0.05) is 0 Å². The van der Waals surface area contributed by atoms with Crippen molar-refractivity contribution in [2.24, 2.45) is 56.2 Å². The van der Waals surface area contributed by atoms with Gasteiger partial charge in [-0.05, 0) is 56.2 Å². The molecule has 1 rings (SSSR count). The zero-order valence-corrected chi connectivity index (χ0v) is 23.3. The van der Waals surface area contributed by atoms with Crippen molar-refractivity contribution in [3.05, 3.63) is 0 Å². The van der Waals surface area contributed by atoms with E-state index < -0.39 is 0 Å². The first-order valence-corrected chi connectivity index (χ1v) is 12.0. The Hall–Kier alpha value is 0. The van der Waals surface area contributed by atoms with Gasteiger partial charge in [-0.25, -0.2) is 0 Å². The van der Waals surface area contributed by atoms with Crippen molar-refractivity contribution in [3.63, 3.8) is 0 Å². The number of hydrogen-bond acceptors (Lipinski definition) is 0. The highest BCUT2D eigenvalue weighted by atomic mass is 14.8. The summed E-state index contributed by atoms with van der Waals surface area (Å²) in [4.78, 5) is 0. The van der Waals surface area contributed by atoms with Gasteiger partial charge in [-0.2, -0.15) is 0 Å². The van der Waals surface area contributed by atoms with Crippen LogP contribution in [0.4, 0.5) is 0 Å². The quantitative estimate of drug-likeness (QED) is 0.432. The van der Waals surface area contributed by atoms with Gasteiger partial charge in [-0.15, -0.1) is 0 Å². The van der Waals surface area contributed by atoms with E-state index in [-0.39, 0.29) is 7.43 Å². The molecule has 0 radical (unpaired) electrons. The summed E-state index contributed by atoms with van der Waals surface area (Å²) in [5.41, 5.74) is 2.51. The highest BCUT2D eigenvalue weighted by Gasteiger charge is 2.76. The summed E-state index contributed by atoms with van der Waals surface area (Å²) in [5, 5.41) is 0. The molecule has 1 fully saturated rings. The molecule has 29 heavy (non-hydrogen) atoms. The molecular weight excluding hydrogens is 348 g/mol. The maximum Gasteiger partial charge on any atom is -0.0185 e. The maximum absolute atomic E-state index is 2.52. The average molecular weight is 411 g/mol. The minimum atomic E-state index is 0. The summed E-state index contributed by atoms with van der Waals surface area (Å²) in [7, 11) is 0. The summed E-state index contributed by atoms with van der Waals surface area (Å²) in [6, 6.07) is 0. The summed E-state index contributed by atoms with van der Waals surface area (Å²) in [6.07, 6.45) is 0. The van der Waals surface area contributed by atoms with Crippen molar-refractivity contribution in [3.8, 4) is 0 Å². The van der Waals surface area contributed by atoms with E-state index in [9.17, 15) is 0 Å². The molecule has 0 amide bonds. The molecule has 0 aromatic heterocycles. The van der Waals surface area contributed by atoms with Crippen molar-refractivity contribution in [2.45, 2.75) is 132 Å². The molecule has 0 aromatic carbocycles. The van der Waals surface area contributed by atoms with Crippen LogP contribution in [0.25, 0.3) is 0 Å². The second kappa shape index (κ2) is 8.86. The van der Waals surface area contributed by atoms with Crippen LogP contribution in [0.3, 0.4) is 0 Å². The summed E-state index contributed by atoms with van der Waals surface area (Å²) in [5.74, 6) is 2.97. The minimum Gasteiger partial charge on any atom is -0.0776 e. The third kappa shape index (κ3) is 3.98. The fourth-order valence-electron chi connectivity index (χ4n) is 7.58. The van der Waals surface area contributed by atoms with Gasteiger partial charge in [0.1, 0.15) is 0 Å². The lowest BCUT2D eigenvalue weighted by atomic mass is 9.23. The highest BCUT2D eigenvalue weighted by molar-refractivity contribution is 5.24. The molecule has 0 spiro atoms. The van der Waals surface area contributed by atoms with Crippen LogP contribution < -0.4 is 0 Å². The SMILES string of the molecule is C.CC(C)C(C)(C(C)C)C(C)(C)C.CC(C)C1(C)C(C)(C)C(C)(C)C1(C)C(C)C. The van der Waals surface area contributed by atoms with Gasteiger partial charge < -0.3 is 0 Å². The largest absolute Gasteiger partial charge is 0.0776 e. The van der Waals surface area contributed by atoms with Crippen LogP contribution >= 0.6 is 0 Å². The van der Waals surface area contributed by atoms with Crippen LogP contribution in [0.5, 0.6) is 0 Å². The van der Waals surface area contributed by atoms with Gasteiger partial charge in [-0.3, -0.25) is 0 Å². The lowest BCUT2D eigenvalue weighted by molar-refractivity contribution is -0.337. The smallest absolute Gasteiger partial charge is 0.0185 e. The molecule has 0 bridgehead atoms. The Morgan fingerprint density at radius 1 is 0.483 bits per heavy atom. The molecular formula is C29H62. The molecule has 0 aliphatic heterocycles. The van der Waals surface area contributed by atoms with E-state index in [0.717, 1.165) is 23.7 Å². The molecule has 178 valence electrons. The molecule has 1 aliphatic carbocycles. The monoisotopic (exact) mass is 410 g/mol. The second-order valence-corrected chi connectivity index (χ2v) is 13.8. The predicted octanol–water partition coefficient (Wildman–Crippen LogP) is 10.4. The third-order valence-electron chi connectivity index (χ3n) is 11.6. The van der Waals surface area contributed by atoms with Crippen LogP contribution in [-0.4, -0.2) is 0 Å². The van der Waals surface area contributed by atoms with Crippen molar-refractivity contribution in [1.29, 1.82) is 0 Å². The fourth-order valence-corrected chi connectivity index (χ4v) is 7.58. The maximum atomic E-state index is 2.52. The van der Waals surface area contributed by atoms with E-state index in [1.165, 1.54) is 0 Å². The molecule has 0 aromatic rings. The Balaban J connectivity index is 0. The first-order valence-electron chi connectivity index (χ1n) is 12.0. The van der Waals surface area contributed by atoms with E-state index >= 15 is 0 Å². The molecule has 0 heterocycles. The highest BCUT2D eigenvalue weighted by Crippen LogP contribution is 2.82. The van der Waals surface area contributed by atoms with Gasteiger partial charge in [-0.1, -0.05) is 132 Å². The molecule has 2 unspecified atom stereocenters. The zero-order chi connectivity index (χ0) is 23.3. The molecule has 1 aliphatic rings. The van der Waals surface area contributed by atoms with Gasteiger partial charge in [0.15, 0.2) is 0 Å². The summed E-state index contributed by atoms with van der Waals surface area (Å²) < 4.78 is 0. The average Bonchev–Trinajstić information content (AvgIpc) is 2.49. The van der Waals surface area contributed by atoms with Crippen molar-refractivity contribution in [2.75, 3.05) is 0 Å². The molecule has 1 saturated carbocycles. The van der Waals surface area contributed by atoms with Crippen LogP contribution in [0.15, 0.2) is 0 Å². The Labute approximate surface area is 188 Å². The van der Waals surface area contributed by atoms with Gasteiger partial charge in [0.2, 0.25) is 0 Å². The molecule has 0 N–H and O–H groups in total. The van der Waals surface area contributed by atoms with E-state index in [1.807, 2.05) is 0 Å². The number of hydrogen-bond donors (Lipinski definition) is 0. The van der Waals surface area contributed by atoms with Crippen LogP contribution in [0.1, 0.15) is 132 Å². The lowest BCUT2D eigenvalue weighted by Crippen LogP contribution is -2.76. The van der Waals surface area contributed by atoms with E-state index in [2.05, 4.69) is 125 Å². The first-order chi connectivity index (χ1) is 12.0. The van der Waals surface area contributed by atoms with Crippen LogP contribution in [-0.2, 0) is 0 Å². The molecule has 0 saturated heterocycles. The van der Waals surface area contributed by atoms with Crippen LogP contribution in [0, 0.1) is 56.2 Å². The second-order valence-electron chi connectivity index (χ2n) is 13.8.